The third-order valence-electron chi connectivity index (χ3n) is 4.39. The zero-order chi connectivity index (χ0) is 17.0. The van der Waals surface area contributed by atoms with Crippen molar-refractivity contribution in [3.63, 3.8) is 0 Å². The van der Waals surface area contributed by atoms with Crippen LogP contribution in [0.5, 0.6) is 0 Å². The van der Waals surface area contributed by atoms with E-state index in [1.807, 2.05) is 18.2 Å². The molecule has 0 fully saturated rings. The van der Waals surface area contributed by atoms with Gasteiger partial charge in [0.05, 0.1) is 5.69 Å². The Bertz CT molecular complexity index is 806. The topological polar surface area (TPSA) is 40.5 Å². The van der Waals surface area contributed by atoms with Crippen molar-refractivity contribution < 1.29 is 13.6 Å². The third kappa shape index (κ3) is 3.65. The lowest BCUT2D eigenvalue weighted by Gasteiger charge is -2.16. The van der Waals surface area contributed by atoms with Gasteiger partial charge in [-0.05, 0) is 48.8 Å². The van der Waals surface area contributed by atoms with E-state index in [0.29, 0.717) is 0 Å². The predicted molar refractivity (Wildman–Crippen MR) is 95.1 cm³/mol. The van der Waals surface area contributed by atoms with E-state index in [4.69, 9.17) is 9.05 Å². The Morgan fingerprint density at radius 1 is 1.12 bits per heavy atom. The highest BCUT2D eigenvalue weighted by molar-refractivity contribution is 7.59. The molecular weight excluding hydrogens is 321 g/mol. The fourth-order valence-corrected chi connectivity index (χ4v) is 3.69. The summed E-state index contributed by atoms with van der Waals surface area (Å²) < 4.78 is 24.3. The first-order chi connectivity index (χ1) is 11.6. The molecule has 0 atom stereocenters. The second kappa shape index (κ2) is 7.40. The smallest absolute Gasteiger partial charge is 0.334 e. The molecule has 24 heavy (non-hydrogen) atoms. The zero-order valence-electron chi connectivity index (χ0n) is 14.1. The number of benzene rings is 1. The van der Waals surface area contributed by atoms with Gasteiger partial charge in [0.15, 0.2) is 0 Å². The van der Waals surface area contributed by atoms with E-state index in [0.717, 1.165) is 25.1 Å². The highest BCUT2D eigenvalue weighted by atomic mass is 31.2. The first-order valence-electron chi connectivity index (χ1n) is 8.15. The van der Waals surface area contributed by atoms with E-state index < -0.39 is 7.60 Å². The fourth-order valence-electron chi connectivity index (χ4n) is 3.11. The van der Waals surface area contributed by atoms with Gasteiger partial charge in [-0.15, -0.1) is 0 Å². The van der Waals surface area contributed by atoms with Gasteiger partial charge in [-0.2, -0.15) is 0 Å². The molecule has 0 saturated carbocycles. The van der Waals surface area contributed by atoms with Crippen LogP contribution >= 0.6 is 7.60 Å². The maximum Gasteiger partial charge on any atom is 0.405 e. The molecular formula is C19H22NO3P. The summed E-state index contributed by atoms with van der Waals surface area (Å²) >= 11 is 0. The van der Waals surface area contributed by atoms with Crippen LogP contribution in [0.1, 0.15) is 35.4 Å². The second-order valence-electron chi connectivity index (χ2n) is 5.88. The molecule has 4 nitrogen and oxygen atoms in total. The number of rotatable bonds is 4. The summed E-state index contributed by atoms with van der Waals surface area (Å²) in [5, 5.41) is 0. The summed E-state index contributed by atoms with van der Waals surface area (Å²) in [7, 11) is -0.622. The SMILES string of the molecule is COP(=O)(C#Cc1cc2c(n1Cc1ccccc1)CCCC2)OC. The Balaban J connectivity index is 2.01. The Hall–Kier alpha value is -1.79. The highest BCUT2D eigenvalue weighted by Gasteiger charge is 2.20. The molecule has 0 aliphatic heterocycles. The van der Waals surface area contributed by atoms with Gasteiger partial charge >= 0.3 is 7.60 Å². The van der Waals surface area contributed by atoms with Gasteiger partial charge in [-0.25, -0.2) is 4.57 Å². The molecule has 0 bridgehead atoms. The first-order valence-corrected chi connectivity index (χ1v) is 9.69. The molecule has 1 aromatic carbocycles. The molecule has 0 N–H and O–H groups in total. The number of hydrogen-bond donors (Lipinski definition) is 0. The Kier molecular flexibility index (Phi) is 5.26. The quantitative estimate of drug-likeness (QED) is 0.617. The Labute approximate surface area is 143 Å². The van der Waals surface area contributed by atoms with Gasteiger partial charge in [0.25, 0.3) is 0 Å². The van der Waals surface area contributed by atoms with Crippen molar-refractivity contribution >= 4 is 7.60 Å². The number of fused-ring (bicyclic) bond motifs is 1. The van der Waals surface area contributed by atoms with E-state index in [-0.39, 0.29) is 0 Å². The summed E-state index contributed by atoms with van der Waals surface area (Å²) in [6.07, 6.45) is 4.56. The molecule has 0 unspecified atom stereocenters. The molecule has 0 saturated heterocycles. The van der Waals surface area contributed by atoms with Crippen LogP contribution in [-0.4, -0.2) is 18.8 Å². The largest absolute Gasteiger partial charge is 0.405 e. The molecule has 0 spiro atoms. The number of hydrogen-bond acceptors (Lipinski definition) is 3. The van der Waals surface area contributed by atoms with Crippen LogP contribution in [0.25, 0.3) is 0 Å². The predicted octanol–water partition coefficient (Wildman–Crippen LogP) is 4.21. The molecule has 1 aromatic heterocycles. The van der Waals surface area contributed by atoms with Crippen LogP contribution < -0.4 is 0 Å². The molecule has 0 radical (unpaired) electrons. The second-order valence-corrected chi connectivity index (χ2v) is 7.83. The van der Waals surface area contributed by atoms with E-state index in [1.54, 1.807) is 0 Å². The minimum atomic E-state index is -3.33. The normalized spacial score (nSPS) is 13.9. The van der Waals surface area contributed by atoms with Crippen LogP contribution in [0, 0.1) is 11.6 Å². The van der Waals surface area contributed by atoms with Crippen molar-refractivity contribution in [2.24, 2.45) is 0 Å². The molecule has 2 aromatic rings. The van der Waals surface area contributed by atoms with Crippen molar-refractivity contribution in [1.82, 2.24) is 4.57 Å². The summed E-state index contributed by atoms with van der Waals surface area (Å²) in [5.74, 6) is 3.03. The Morgan fingerprint density at radius 2 is 1.83 bits per heavy atom. The van der Waals surface area contributed by atoms with Crippen LogP contribution in [0.2, 0.25) is 0 Å². The van der Waals surface area contributed by atoms with Gasteiger partial charge < -0.3 is 13.6 Å². The molecule has 5 heteroatoms. The van der Waals surface area contributed by atoms with Gasteiger partial charge in [0.2, 0.25) is 0 Å². The van der Waals surface area contributed by atoms with Gasteiger partial charge in [-0.3, -0.25) is 0 Å². The van der Waals surface area contributed by atoms with Gasteiger partial charge in [0, 0.05) is 32.1 Å². The van der Waals surface area contributed by atoms with Crippen molar-refractivity contribution in [2.75, 3.05) is 14.2 Å². The van der Waals surface area contributed by atoms with E-state index >= 15 is 0 Å². The molecule has 126 valence electrons. The molecule has 1 aliphatic carbocycles. The zero-order valence-corrected chi connectivity index (χ0v) is 15.0. The lowest BCUT2D eigenvalue weighted by Crippen LogP contribution is -2.10. The fraction of sp³-hybridized carbons (Fsp3) is 0.368. The minimum absolute atomic E-state index is 0.768. The van der Waals surface area contributed by atoms with Crippen LogP contribution in [-0.2, 0) is 33.0 Å². The maximum absolute atomic E-state index is 12.2. The van der Waals surface area contributed by atoms with Crippen molar-refractivity contribution in [2.45, 2.75) is 32.2 Å². The van der Waals surface area contributed by atoms with Crippen molar-refractivity contribution in [3.8, 4) is 11.6 Å². The molecule has 0 amide bonds. The van der Waals surface area contributed by atoms with Gasteiger partial charge in [-0.1, -0.05) is 30.3 Å². The van der Waals surface area contributed by atoms with E-state index in [2.05, 4.69) is 34.3 Å². The van der Waals surface area contributed by atoms with Crippen LogP contribution in [0.15, 0.2) is 36.4 Å². The standard InChI is InChI=1S/C19H22NO3P/c1-22-24(21,23-2)13-12-18-14-17-10-6-7-11-19(17)20(18)15-16-8-4-3-5-9-16/h3-5,8-9,14H,6-7,10-11,15H2,1-2H3. The van der Waals surface area contributed by atoms with Crippen LogP contribution in [0.3, 0.4) is 0 Å². The third-order valence-corrected chi connectivity index (χ3v) is 5.74. The average molecular weight is 343 g/mol. The monoisotopic (exact) mass is 343 g/mol. The number of nitrogens with zero attached hydrogens (tertiary/aromatic N) is 1. The van der Waals surface area contributed by atoms with Gasteiger partial charge in [0.1, 0.15) is 0 Å². The van der Waals surface area contributed by atoms with E-state index in [1.165, 1.54) is 43.9 Å². The van der Waals surface area contributed by atoms with Crippen LogP contribution in [0.4, 0.5) is 0 Å². The molecule has 1 aliphatic rings. The average Bonchev–Trinajstić information content (AvgIpc) is 2.98. The summed E-state index contributed by atoms with van der Waals surface area (Å²) in [6.45, 7) is 0.768. The summed E-state index contributed by atoms with van der Waals surface area (Å²) in [6, 6.07) is 12.5. The molecule has 1 heterocycles. The summed E-state index contributed by atoms with van der Waals surface area (Å²) in [4.78, 5) is 0. The first kappa shape index (κ1) is 17.0. The molecule has 3 rings (SSSR count). The lowest BCUT2D eigenvalue weighted by molar-refractivity contribution is 0.288. The lowest BCUT2D eigenvalue weighted by atomic mass is 9.98. The number of aromatic nitrogens is 1. The minimum Gasteiger partial charge on any atom is -0.334 e. The Morgan fingerprint density at radius 3 is 2.54 bits per heavy atom. The van der Waals surface area contributed by atoms with Crippen molar-refractivity contribution in [3.05, 3.63) is 58.9 Å². The maximum atomic E-state index is 12.2. The van der Waals surface area contributed by atoms with E-state index in [9.17, 15) is 4.57 Å². The van der Waals surface area contributed by atoms with Crippen molar-refractivity contribution in [1.29, 1.82) is 0 Å². The number of aryl methyl sites for hydroxylation is 1. The highest BCUT2D eigenvalue weighted by Crippen LogP contribution is 2.45. The summed E-state index contributed by atoms with van der Waals surface area (Å²) in [5.41, 5.74) is 7.49.